The highest BCUT2D eigenvalue weighted by atomic mass is 32.2. The maximum Gasteiger partial charge on any atom is 0.255 e. The van der Waals surface area contributed by atoms with Gasteiger partial charge in [-0.05, 0) is 44.2 Å². The highest BCUT2D eigenvalue weighted by Crippen LogP contribution is 2.27. The molecule has 0 saturated carbocycles. The van der Waals surface area contributed by atoms with Crippen LogP contribution in [0, 0.1) is 6.92 Å². The van der Waals surface area contributed by atoms with Gasteiger partial charge in [0.2, 0.25) is 10.0 Å². The molecule has 2 aliphatic rings. The summed E-state index contributed by atoms with van der Waals surface area (Å²) in [6.07, 6.45) is 3.06. The molecule has 2 aromatic rings. The Balaban J connectivity index is 1.29. The predicted molar refractivity (Wildman–Crippen MR) is 100.0 cm³/mol. The normalized spacial score (nSPS) is 22.0. The molecular formula is C19H25N3O5S. The maximum absolute atomic E-state index is 12.9. The Morgan fingerprint density at radius 3 is 2.71 bits per heavy atom. The maximum atomic E-state index is 12.9. The molecule has 4 rings (SSSR count). The zero-order chi connectivity index (χ0) is 19.6. The van der Waals surface area contributed by atoms with Crippen molar-refractivity contribution in [1.82, 2.24) is 14.4 Å². The molecule has 0 spiro atoms. The molecule has 152 valence electrons. The third kappa shape index (κ3) is 4.12. The van der Waals surface area contributed by atoms with Crippen molar-refractivity contribution in [1.29, 1.82) is 0 Å². The molecule has 2 fully saturated rings. The molecule has 1 atom stereocenters. The predicted octanol–water partition coefficient (Wildman–Crippen LogP) is 2.60. The van der Waals surface area contributed by atoms with Gasteiger partial charge in [0.15, 0.2) is 5.82 Å². The highest BCUT2D eigenvalue weighted by molar-refractivity contribution is 7.89. The molecule has 0 radical (unpaired) electrons. The lowest BCUT2D eigenvalue weighted by atomic mass is 10.1. The van der Waals surface area contributed by atoms with E-state index in [4.69, 9.17) is 14.0 Å². The summed E-state index contributed by atoms with van der Waals surface area (Å²) < 4.78 is 43.9. The molecule has 28 heavy (non-hydrogen) atoms. The number of hydrogen-bond donors (Lipinski definition) is 0. The van der Waals surface area contributed by atoms with Crippen LogP contribution < -0.4 is 0 Å². The lowest BCUT2D eigenvalue weighted by Gasteiger charge is -2.31. The van der Waals surface area contributed by atoms with E-state index in [2.05, 4.69) is 10.1 Å². The van der Waals surface area contributed by atoms with Crippen LogP contribution in [0.1, 0.15) is 49.1 Å². The van der Waals surface area contributed by atoms with E-state index in [1.165, 1.54) is 0 Å². The summed E-state index contributed by atoms with van der Waals surface area (Å²) in [6.45, 7) is 3.68. The number of hydrogen-bond acceptors (Lipinski definition) is 7. The Kier molecular flexibility index (Phi) is 5.77. The van der Waals surface area contributed by atoms with Gasteiger partial charge >= 0.3 is 0 Å². The number of nitrogens with zero attached hydrogens (tertiary/aromatic N) is 3. The Morgan fingerprint density at radius 1 is 1.21 bits per heavy atom. The molecule has 3 heterocycles. The molecule has 1 aromatic carbocycles. The zero-order valence-corrected chi connectivity index (χ0v) is 16.7. The van der Waals surface area contributed by atoms with Crippen molar-refractivity contribution in [3.8, 4) is 0 Å². The summed E-state index contributed by atoms with van der Waals surface area (Å²) in [6, 6.07) is 7.08. The molecular weight excluding hydrogens is 382 g/mol. The summed E-state index contributed by atoms with van der Waals surface area (Å²) >= 11 is 0. The van der Waals surface area contributed by atoms with Crippen LogP contribution >= 0.6 is 0 Å². The minimum Gasteiger partial charge on any atom is -0.370 e. The van der Waals surface area contributed by atoms with Crippen molar-refractivity contribution in [2.24, 2.45) is 0 Å². The van der Waals surface area contributed by atoms with Crippen molar-refractivity contribution < 1.29 is 22.4 Å². The third-order valence-corrected chi connectivity index (χ3v) is 7.31. The summed E-state index contributed by atoms with van der Waals surface area (Å²) in [5.41, 5.74) is 0.764. The van der Waals surface area contributed by atoms with Gasteiger partial charge in [0, 0.05) is 19.7 Å². The van der Waals surface area contributed by atoms with E-state index in [9.17, 15) is 8.42 Å². The average molecular weight is 407 g/mol. The molecule has 0 aliphatic carbocycles. The van der Waals surface area contributed by atoms with E-state index in [0.717, 1.165) is 25.0 Å². The van der Waals surface area contributed by atoms with E-state index in [0.29, 0.717) is 42.5 Å². The number of rotatable bonds is 6. The van der Waals surface area contributed by atoms with Crippen LogP contribution in [0.2, 0.25) is 0 Å². The second kappa shape index (κ2) is 8.28. The first-order chi connectivity index (χ1) is 13.5. The second-order valence-corrected chi connectivity index (χ2v) is 9.14. The Hall–Kier alpha value is -1.81. The smallest absolute Gasteiger partial charge is 0.255 e. The summed E-state index contributed by atoms with van der Waals surface area (Å²) in [5, 5.41) is 3.95. The molecule has 2 saturated heterocycles. The molecule has 0 N–H and O–H groups in total. The second-order valence-electron chi connectivity index (χ2n) is 7.23. The number of benzene rings is 1. The fourth-order valence-corrected chi connectivity index (χ4v) is 5.34. The monoisotopic (exact) mass is 407 g/mol. The summed E-state index contributed by atoms with van der Waals surface area (Å²) in [5.74, 6) is 1.01. The molecule has 0 bridgehead atoms. The van der Waals surface area contributed by atoms with Crippen LogP contribution in [0.15, 0.2) is 33.7 Å². The van der Waals surface area contributed by atoms with Gasteiger partial charge in [0.05, 0.1) is 11.0 Å². The fraction of sp³-hybridized carbons (Fsp3) is 0.579. The van der Waals surface area contributed by atoms with Gasteiger partial charge in [0.1, 0.15) is 12.7 Å². The third-order valence-electron chi connectivity index (χ3n) is 5.25. The molecule has 2 aliphatic heterocycles. The topological polar surface area (TPSA) is 94.8 Å². The standard InChI is InChI=1S/C19H25N3O5S/c1-14-5-2-3-7-17(14)28(23,24)22-10-8-15(9-11-22)26-13-18-20-19(27-21-18)16-6-4-12-25-16/h2-3,5,7,15-16H,4,6,8-13H2,1H3. The van der Waals surface area contributed by atoms with Gasteiger partial charge in [-0.15, -0.1) is 0 Å². The van der Waals surface area contributed by atoms with E-state index in [-0.39, 0.29) is 18.8 Å². The van der Waals surface area contributed by atoms with Crippen LogP contribution in [-0.4, -0.2) is 48.7 Å². The molecule has 8 nitrogen and oxygen atoms in total. The molecule has 1 unspecified atom stereocenters. The van der Waals surface area contributed by atoms with Crippen molar-refractivity contribution in [3.05, 3.63) is 41.5 Å². The largest absolute Gasteiger partial charge is 0.370 e. The van der Waals surface area contributed by atoms with Crippen LogP contribution in [0.3, 0.4) is 0 Å². The van der Waals surface area contributed by atoms with Crippen molar-refractivity contribution in [2.75, 3.05) is 19.7 Å². The van der Waals surface area contributed by atoms with Gasteiger partial charge in [-0.2, -0.15) is 9.29 Å². The fourth-order valence-electron chi connectivity index (χ4n) is 3.65. The first kappa shape index (κ1) is 19.5. The van der Waals surface area contributed by atoms with Crippen molar-refractivity contribution in [2.45, 2.75) is 56.3 Å². The molecule has 9 heteroatoms. The van der Waals surface area contributed by atoms with E-state index in [1.54, 1.807) is 16.4 Å². The number of ether oxygens (including phenoxy) is 2. The van der Waals surface area contributed by atoms with Crippen LogP contribution in [0.4, 0.5) is 0 Å². The Morgan fingerprint density at radius 2 is 2.00 bits per heavy atom. The van der Waals surface area contributed by atoms with Crippen molar-refractivity contribution in [3.63, 3.8) is 0 Å². The van der Waals surface area contributed by atoms with E-state index in [1.807, 2.05) is 19.1 Å². The lowest BCUT2D eigenvalue weighted by Crippen LogP contribution is -2.41. The minimum atomic E-state index is -3.47. The Labute approximate surface area is 164 Å². The molecule has 0 amide bonds. The number of sulfonamides is 1. The lowest BCUT2D eigenvalue weighted by molar-refractivity contribution is 0.00636. The van der Waals surface area contributed by atoms with Crippen molar-refractivity contribution >= 4 is 10.0 Å². The number of aryl methyl sites for hydroxylation is 1. The van der Waals surface area contributed by atoms with Gasteiger partial charge in [-0.3, -0.25) is 0 Å². The van der Waals surface area contributed by atoms with Gasteiger partial charge in [-0.1, -0.05) is 23.4 Å². The average Bonchev–Trinajstić information content (AvgIpc) is 3.38. The quantitative estimate of drug-likeness (QED) is 0.726. The zero-order valence-electron chi connectivity index (χ0n) is 15.9. The van der Waals surface area contributed by atoms with E-state index >= 15 is 0 Å². The van der Waals surface area contributed by atoms with Crippen LogP contribution in [0.25, 0.3) is 0 Å². The number of piperidine rings is 1. The summed E-state index contributed by atoms with van der Waals surface area (Å²) in [7, 11) is -3.47. The van der Waals surface area contributed by atoms with Gasteiger partial charge in [0.25, 0.3) is 5.89 Å². The first-order valence-corrected chi connectivity index (χ1v) is 11.1. The SMILES string of the molecule is Cc1ccccc1S(=O)(=O)N1CCC(OCc2noc(C3CCCO3)n2)CC1. The molecule has 1 aromatic heterocycles. The first-order valence-electron chi connectivity index (χ1n) is 9.65. The van der Waals surface area contributed by atoms with Gasteiger partial charge in [-0.25, -0.2) is 8.42 Å². The van der Waals surface area contributed by atoms with Gasteiger partial charge < -0.3 is 14.0 Å². The minimum absolute atomic E-state index is 0.0204. The Bertz CT molecular complexity index is 900. The van der Waals surface area contributed by atoms with E-state index < -0.39 is 10.0 Å². The summed E-state index contributed by atoms with van der Waals surface area (Å²) in [4.78, 5) is 4.72. The highest BCUT2D eigenvalue weighted by Gasteiger charge is 2.31. The number of aromatic nitrogens is 2. The van der Waals surface area contributed by atoms with Crippen LogP contribution in [0.5, 0.6) is 0 Å². The van der Waals surface area contributed by atoms with Crippen LogP contribution in [-0.2, 0) is 26.1 Å².